The lowest BCUT2D eigenvalue weighted by Crippen LogP contribution is -1.91. The normalized spacial score (nSPS) is 10.9. The molecule has 2 aromatic carbocycles. The second-order valence-electron chi connectivity index (χ2n) is 4.27. The molecule has 0 saturated carbocycles. The molecule has 0 bridgehead atoms. The van der Waals surface area contributed by atoms with E-state index in [1.54, 1.807) is 0 Å². The third kappa shape index (κ3) is 2.56. The van der Waals surface area contributed by atoms with E-state index in [0.717, 1.165) is 21.8 Å². The first-order chi connectivity index (χ1) is 9.10. The predicted molar refractivity (Wildman–Crippen MR) is 74.0 cm³/mol. The van der Waals surface area contributed by atoms with E-state index >= 15 is 0 Å². The van der Waals surface area contributed by atoms with Crippen LogP contribution in [0.3, 0.4) is 0 Å². The van der Waals surface area contributed by atoms with Gasteiger partial charge in [-0.15, -0.1) is 0 Å². The highest BCUT2D eigenvalue weighted by Gasteiger charge is 2.06. The topological polar surface area (TPSA) is 24.9 Å². The van der Waals surface area contributed by atoms with Gasteiger partial charge < -0.3 is 5.32 Å². The minimum absolute atomic E-state index is 0.355. The van der Waals surface area contributed by atoms with Crippen LogP contribution in [0, 0.1) is 18.6 Å². The summed E-state index contributed by atoms with van der Waals surface area (Å²) >= 11 is 1.45. The van der Waals surface area contributed by atoms with E-state index in [2.05, 4.69) is 10.3 Å². The Morgan fingerprint density at radius 3 is 2.53 bits per heavy atom. The average Bonchev–Trinajstić information content (AvgIpc) is 2.68. The number of aromatic nitrogens is 1. The van der Waals surface area contributed by atoms with Gasteiger partial charge in [0.2, 0.25) is 0 Å². The van der Waals surface area contributed by atoms with Gasteiger partial charge in [0.05, 0.1) is 10.2 Å². The van der Waals surface area contributed by atoms with Gasteiger partial charge in [0.25, 0.3) is 0 Å². The Bertz CT molecular complexity index is 732. The molecular weight excluding hydrogens is 266 g/mol. The quantitative estimate of drug-likeness (QED) is 0.738. The van der Waals surface area contributed by atoms with Crippen LogP contribution in [0.15, 0.2) is 36.4 Å². The molecule has 1 heterocycles. The van der Waals surface area contributed by atoms with Crippen molar-refractivity contribution in [1.82, 2.24) is 4.98 Å². The number of hydrogen-bond acceptors (Lipinski definition) is 3. The van der Waals surface area contributed by atoms with Gasteiger partial charge in [0.15, 0.2) is 5.13 Å². The highest BCUT2D eigenvalue weighted by atomic mass is 32.1. The Labute approximate surface area is 112 Å². The molecule has 96 valence electrons. The van der Waals surface area contributed by atoms with Crippen molar-refractivity contribution in [1.29, 1.82) is 0 Å². The van der Waals surface area contributed by atoms with Gasteiger partial charge in [-0.05, 0) is 36.8 Å². The van der Waals surface area contributed by atoms with E-state index in [0.29, 0.717) is 10.8 Å². The van der Waals surface area contributed by atoms with E-state index in [1.165, 1.54) is 23.5 Å². The molecule has 0 spiro atoms. The van der Waals surface area contributed by atoms with Crippen molar-refractivity contribution < 1.29 is 8.78 Å². The third-order valence-electron chi connectivity index (χ3n) is 2.66. The summed E-state index contributed by atoms with van der Waals surface area (Å²) < 4.78 is 27.2. The van der Waals surface area contributed by atoms with E-state index in [-0.39, 0.29) is 0 Å². The zero-order valence-corrected chi connectivity index (χ0v) is 10.9. The molecule has 3 rings (SSSR count). The Balaban J connectivity index is 1.96. The van der Waals surface area contributed by atoms with Crippen molar-refractivity contribution in [2.45, 2.75) is 6.92 Å². The standard InChI is InChI=1S/C14H10F2N2S/c1-8-2-3-13-12(4-8)18-14(19-13)17-11-6-9(15)5-10(16)7-11/h2-7H,1H3,(H,17,18). The molecule has 0 atom stereocenters. The van der Waals surface area contributed by atoms with E-state index in [1.807, 2.05) is 25.1 Å². The summed E-state index contributed by atoms with van der Waals surface area (Å²) in [5, 5.41) is 3.54. The monoisotopic (exact) mass is 276 g/mol. The lowest BCUT2D eigenvalue weighted by atomic mass is 10.2. The van der Waals surface area contributed by atoms with Crippen LogP contribution in [-0.4, -0.2) is 4.98 Å². The Hall–Kier alpha value is -2.01. The highest BCUT2D eigenvalue weighted by Crippen LogP contribution is 2.29. The summed E-state index contributed by atoms with van der Waals surface area (Å²) in [4.78, 5) is 4.39. The highest BCUT2D eigenvalue weighted by molar-refractivity contribution is 7.22. The molecule has 1 aromatic heterocycles. The van der Waals surface area contributed by atoms with Gasteiger partial charge in [-0.25, -0.2) is 13.8 Å². The number of halogens is 2. The fourth-order valence-corrected chi connectivity index (χ4v) is 2.71. The van der Waals surface area contributed by atoms with Gasteiger partial charge in [-0.1, -0.05) is 17.4 Å². The first-order valence-electron chi connectivity index (χ1n) is 5.70. The lowest BCUT2D eigenvalue weighted by Gasteiger charge is -2.02. The van der Waals surface area contributed by atoms with Crippen LogP contribution < -0.4 is 5.32 Å². The number of fused-ring (bicyclic) bond motifs is 1. The molecule has 3 aromatic rings. The van der Waals surface area contributed by atoms with Crippen LogP contribution in [0.4, 0.5) is 19.6 Å². The van der Waals surface area contributed by atoms with Crippen molar-refractivity contribution in [3.05, 3.63) is 53.6 Å². The Morgan fingerprint density at radius 2 is 1.79 bits per heavy atom. The second-order valence-corrected chi connectivity index (χ2v) is 5.30. The predicted octanol–water partition coefficient (Wildman–Crippen LogP) is 4.63. The zero-order chi connectivity index (χ0) is 13.4. The minimum atomic E-state index is -0.612. The number of rotatable bonds is 2. The number of hydrogen-bond donors (Lipinski definition) is 1. The number of anilines is 2. The van der Waals surface area contributed by atoms with Crippen LogP contribution in [-0.2, 0) is 0 Å². The van der Waals surface area contributed by atoms with Crippen molar-refractivity contribution in [2.75, 3.05) is 5.32 Å². The molecule has 1 N–H and O–H groups in total. The van der Waals surface area contributed by atoms with Crippen LogP contribution in [0.1, 0.15) is 5.56 Å². The summed E-state index contributed by atoms with van der Waals surface area (Å²) in [5.41, 5.74) is 2.36. The average molecular weight is 276 g/mol. The summed E-state index contributed by atoms with van der Waals surface area (Å²) in [6, 6.07) is 9.28. The van der Waals surface area contributed by atoms with Gasteiger partial charge in [0, 0.05) is 11.8 Å². The van der Waals surface area contributed by atoms with Gasteiger partial charge >= 0.3 is 0 Å². The summed E-state index contributed by atoms with van der Waals surface area (Å²) in [6.07, 6.45) is 0. The number of nitrogens with one attached hydrogen (secondary N) is 1. The minimum Gasteiger partial charge on any atom is -0.331 e. The largest absolute Gasteiger partial charge is 0.331 e. The maximum absolute atomic E-state index is 13.1. The van der Waals surface area contributed by atoms with E-state index in [4.69, 9.17) is 0 Å². The van der Waals surface area contributed by atoms with Crippen LogP contribution in [0.5, 0.6) is 0 Å². The summed E-state index contributed by atoms with van der Waals surface area (Å²) in [7, 11) is 0. The van der Waals surface area contributed by atoms with Crippen molar-refractivity contribution in [3.63, 3.8) is 0 Å². The SMILES string of the molecule is Cc1ccc2sc(Nc3cc(F)cc(F)c3)nc2c1. The third-order valence-corrected chi connectivity index (χ3v) is 3.61. The molecule has 5 heteroatoms. The number of benzene rings is 2. The van der Waals surface area contributed by atoms with Gasteiger partial charge in [0.1, 0.15) is 11.6 Å². The molecule has 0 unspecified atom stereocenters. The van der Waals surface area contributed by atoms with Crippen molar-refractivity contribution in [3.8, 4) is 0 Å². The van der Waals surface area contributed by atoms with E-state index < -0.39 is 11.6 Å². The second kappa shape index (κ2) is 4.59. The molecule has 0 fully saturated rings. The molecule has 0 aliphatic carbocycles. The molecule has 0 aliphatic rings. The van der Waals surface area contributed by atoms with E-state index in [9.17, 15) is 8.78 Å². The van der Waals surface area contributed by atoms with Crippen molar-refractivity contribution >= 4 is 32.4 Å². The fourth-order valence-electron chi connectivity index (χ4n) is 1.84. The van der Waals surface area contributed by atoms with Gasteiger partial charge in [-0.2, -0.15) is 0 Å². The molecular formula is C14H10F2N2S. The molecule has 0 aliphatic heterocycles. The summed E-state index contributed by atoms with van der Waals surface area (Å²) in [6.45, 7) is 1.99. The Morgan fingerprint density at radius 1 is 1.05 bits per heavy atom. The molecule has 19 heavy (non-hydrogen) atoms. The smallest absolute Gasteiger partial charge is 0.188 e. The zero-order valence-electron chi connectivity index (χ0n) is 10.1. The van der Waals surface area contributed by atoms with Crippen LogP contribution in [0.25, 0.3) is 10.2 Å². The number of nitrogens with zero attached hydrogens (tertiary/aromatic N) is 1. The fraction of sp³-hybridized carbons (Fsp3) is 0.0714. The van der Waals surface area contributed by atoms with Crippen LogP contribution in [0.2, 0.25) is 0 Å². The lowest BCUT2D eigenvalue weighted by molar-refractivity contribution is 0.584. The van der Waals surface area contributed by atoms with Crippen molar-refractivity contribution in [2.24, 2.45) is 0 Å². The number of thiazole rings is 1. The maximum atomic E-state index is 13.1. The summed E-state index contributed by atoms with van der Waals surface area (Å²) in [5.74, 6) is -1.22. The number of aryl methyl sites for hydroxylation is 1. The first-order valence-corrected chi connectivity index (χ1v) is 6.52. The molecule has 0 radical (unpaired) electrons. The first kappa shape index (κ1) is 12.0. The molecule has 0 saturated heterocycles. The van der Waals surface area contributed by atoms with Gasteiger partial charge in [-0.3, -0.25) is 0 Å². The molecule has 0 amide bonds. The Kier molecular flexibility index (Phi) is 2.91. The van der Waals surface area contributed by atoms with Crippen LogP contribution >= 0.6 is 11.3 Å². The molecule has 2 nitrogen and oxygen atoms in total. The maximum Gasteiger partial charge on any atom is 0.188 e.